The third-order valence-electron chi connectivity index (χ3n) is 8.21. The van der Waals surface area contributed by atoms with E-state index >= 15 is 0 Å². The minimum Gasteiger partial charge on any atom is -0.454 e. The molecule has 42 heavy (non-hydrogen) atoms. The number of rotatable bonds is 3. The van der Waals surface area contributed by atoms with Gasteiger partial charge in [0.25, 0.3) is 0 Å². The van der Waals surface area contributed by atoms with Crippen molar-refractivity contribution in [3.05, 3.63) is 140 Å². The summed E-state index contributed by atoms with van der Waals surface area (Å²) >= 11 is 0. The van der Waals surface area contributed by atoms with Crippen molar-refractivity contribution >= 4 is 54.6 Å². The minimum absolute atomic E-state index is 0.708. The van der Waals surface area contributed by atoms with Crippen molar-refractivity contribution in [2.75, 3.05) is 0 Å². The van der Waals surface area contributed by atoms with Gasteiger partial charge >= 0.3 is 0 Å². The van der Waals surface area contributed by atoms with Crippen molar-refractivity contribution in [3.63, 3.8) is 0 Å². The van der Waals surface area contributed by atoms with Gasteiger partial charge in [0, 0.05) is 38.1 Å². The lowest BCUT2D eigenvalue weighted by molar-refractivity contribution is 0.666. The zero-order valence-electron chi connectivity index (χ0n) is 22.5. The Hall–Kier alpha value is -5.74. The van der Waals surface area contributed by atoms with E-state index in [0.29, 0.717) is 5.82 Å². The molecule has 0 bridgehead atoms. The zero-order chi connectivity index (χ0) is 27.6. The van der Waals surface area contributed by atoms with E-state index in [2.05, 4.69) is 114 Å². The number of fused-ring (bicyclic) bond motifs is 7. The largest absolute Gasteiger partial charge is 0.454 e. The number of furan rings is 1. The number of aromatic nitrogens is 3. The molecule has 0 saturated heterocycles. The molecular weight excluding hydrogens is 514 g/mol. The van der Waals surface area contributed by atoms with E-state index in [1.165, 1.54) is 10.8 Å². The van der Waals surface area contributed by atoms with Crippen molar-refractivity contribution in [1.29, 1.82) is 0 Å². The summed E-state index contributed by atoms with van der Waals surface area (Å²) in [5.74, 6) is 0.708. The molecule has 9 rings (SSSR count). The average Bonchev–Trinajstić information content (AvgIpc) is 3.61. The van der Waals surface area contributed by atoms with Gasteiger partial charge in [0.15, 0.2) is 11.4 Å². The molecule has 4 heteroatoms. The molecule has 0 amide bonds. The predicted molar refractivity (Wildman–Crippen MR) is 172 cm³/mol. The fourth-order valence-corrected chi connectivity index (χ4v) is 6.39. The first-order valence-corrected chi connectivity index (χ1v) is 14.1. The Morgan fingerprint density at radius 2 is 1.14 bits per heavy atom. The number of benzene rings is 6. The molecule has 0 aliphatic carbocycles. The Balaban J connectivity index is 1.37. The van der Waals surface area contributed by atoms with Gasteiger partial charge < -0.3 is 8.98 Å². The van der Waals surface area contributed by atoms with Crippen LogP contribution < -0.4 is 0 Å². The Bertz CT molecular complexity index is 2420. The first kappa shape index (κ1) is 23.0. The summed E-state index contributed by atoms with van der Waals surface area (Å²) < 4.78 is 9.05. The van der Waals surface area contributed by atoms with E-state index in [-0.39, 0.29) is 0 Å². The smallest absolute Gasteiger partial charge is 0.160 e. The molecule has 0 N–H and O–H groups in total. The van der Waals surface area contributed by atoms with E-state index in [1.807, 2.05) is 30.3 Å². The molecule has 0 radical (unpaired) electrons. The molecule has 0 fully saturated rings. The van der Waals surface area contributed by atoms with Crippen LogP contribution in [0.1, 0.15) is 0 Å². The molecule has 3 aromatic heterocycles. The maximum atomic E-state index is 6.73. The lowest BCUT2D eigenvalue weighted by Gasteiger charge is -2.10. The van der Waals surface area contributed by atoms with Crippen LogP contribution in [0.4, 0.5) is 0 Å². The Kier molecular flexibility index (Phi) is 4.87. The molecule has 196 valence electrons. The zero-order valence-corrected chi connectivity index (χ0v) is 22.5. The number of hydrogen-bond donors (Lipinski definition) is 0. The minimum atomic E-state index is 0.708. The highest BCUT2D eigenvalue weighted by Gasteiger charge is 2.21. The summed E-state index contributed by atoms with van der Waals surface area (Å²) in [6, 6.07) is 48.2. The van der Waals surface area contributed by atoms with Gasteiger partial charge in [-0.1, -0.05) is 109 Å². The van der Waals surface area contributed by atoms with Crippen molar-refractivity contribution < 1.29 is 4.42 Å². The summed E-state index contributed by atoms with van der Waals surface area (Å²) in [7, 11) is 0. The van der Waals surface area contributed by atoms with Crippen molar-refractivity contribution in [2.45, 2.75) is 0 Å². The summed E-state index contributed by atoms with van der Waals surface area (Å²) in [5, 5.41) is 5.57. The molecule has 0 aliphatic heterocycles. The van der Waals surface area contributed by atoms with Gasteiger partial charge in [0.2, 0.25) is 0 Å². The Morgan fingerprint density at radius 1 is 0.500 bits per heavy atom. The van der Waals surface area contributed by atoms with E-state index in [1.54, 1.807) is 0 Å². The lowest BCUT2D eigenvalue weighted by atomic mass is 10.00. The van der Waals surface area contributed by atoms with Crippen LogP contribution in [0, 0.1) is 0 Å². The highest BCUT2D eigenvalue weighted by molar-refractivity contribution is 6.17. The van der Waals surface area contributed by atoms with E-state index in [0.717, 1.165) is 66.4 Å². The van der Waals surface area contributed by atoms with Crippen LogP contribution in [0.3, 0.4) is 0 Å². The third kappa shape index (κ3) is 3.29. The van der Waals surface area contributed by atoms with Gasteiger partial charge in [-0.3, -0.25) is 0 Å². The lowest BCUT2D eigenvalue weighted by Crippen LogP contribution is -1.95. The van der Waals surface area contributed by atoms with Gasteiger partial charge in [-0.2, -0.15) is 0 Å². The third-order valence-corrected chi connectivity index (χ3v) is 8.21. The normalized spacial score (nSPS) is 11.8. The first-order valence-electron chi connectivity index (χ1n) is 14.1. The molecule has 0 atom stereocenters. The second-order valence-corrected chi connectivity index (χ2v) is 10.6. The number of nitrogens with zero attached hydrogens (tertiary/aromatic N) is 3. The standard InChI is InChI=1S/C38H23N3O/c1-2-12-24(13-3-1)38-39-30-19-7-4-16-27(30)36(40-38)28-17-11-23-34-35(28)29-18-10-22-33(37(29)42-34)41-31-20-8-5-14-25(31)26-15-6-9-21-32(26)41/h1-23H. The van der Waals surface area contributed by atoms with Gasteiger partial charge in [0.05, 0.1) is 27.9 Å². The van der Waals surface area contributed by atoms with Crippen LogP contribution in [0.15, 0.2) is 144 Å². The average molecular weight is 538 g/mol. The van der Waals surface area contributed by atoms with Gasteiger partial charge in [-0.15, -0.1) is 0 Å². The molecule has 0 unspecified atom stereocenters. The van der Waals surface area contributed by atoms with Gasteiger partial charge in [0.1, 0.15) is 5.58 Å². The SMILES string of the molecule is c1ccc(-c2nc(-c3cccc4oc5c(-n6c7ccccc7c7ccccc76)cccc5c34)c3ccccc3n2)cc1. The maximum Gasteiger partial charge on any atom is 0.160 e. The monoisotopic (exact) mass is 537 g/mol. The number of para-hydroxylation sites is 4. The van der Waals surface area contributed by atoms with Crippen molar-refractivity contribution in [2.24, 2.45) is 0 Å². The molecular formula is C38H23N3O. The van der Waals surface area contributed by atoms with Gasteiger partial charge in [-0.25, -0.2) is 9.97 Å². The summed E-state index contributed by atoms with van der Waals surface area (Å²) in [4.78, 5) is 10.1. The fourth-order valence-electron chi connectivity index (χ4n) is 6.39. The molecule has 6 aromatic carbocycles. The van der Waals surface area contributed by atoms with E-state index in [4.69, 9.17) is 14.4 Å². The Labute approximate surface area is 241 Å². The molecule has 0 saturated carbocycles. The maximum absolute atomic E-state index is 6.73. The van der Waals surface area contributed by atoms with E-state index in [9.17, 15) is 0 Å². The first-order chi connectivity index (χ1) is 20.8. The summed E-state index contributed by atoms with van der Waals surface area (Å²) in [6.07, 6.45) is 0. The predicted octanol–water partition coefficient (Wildman–Crippen LogP) is 9.96. The molecule has 3 heterocycles. The van der Waals surface area contributed by atoms with Crippen LogP contribution >= 0.6 is 0 Å². The molecule has 0 aliphatic rings. The molecule has 9 aromatic rings. The van der Waals surface area contributed by atoms with Crippen LogP contribution in [-0.2, 0) is 0 Å². The van der Waals surface area contributed by atoms with Crippen LogP contribution in [0.2, 0.25) is 0 Å². The fraction of sp³-hybridized carbons (Fsp3) is 0. The number of hydrogen-bond acceptors (Lipinski definition) is 3. The summed E-state index contributed by atoms with van der Waals surface area (Å²) in [5.41, 5.74) is 8.84. The quantitative estimate of drug-likeness (QED) is 0.225. The molecule has 0 spiro atoms. The highest BCUT2D eigenvalue weighted by atomic mass is 16.3. The van der Waals surface area contributed by atoms with Gasteiger partial charge in [-0.05, 0) is 30.3 Å². The van der Waals surface area contributed by atoms with Crippen LogP contribution in [-0.4, -0.2) is 14.5 Å². The summed E-state index contributed by atoms with van der Waals surface area (Å²) in [6.45, 7) is 0. The molecule has 4 nitrogen and oxygen atoms in total. The Morgan fingerprint density at radius 3 is 1.93 bits per heavy atom. The second-order valence-electron chi connectivity index (χ2n) is 10.6. The van der Waals surface area contributed by atoms with Crippen LogP contribution in [0.5, 0.6) is 0 Å². The topological polar surface area (TPSA) is 43.9 Å². The second kappa shape index (κ2) is 8.88. The van der Waals surface area contributed by atoms with E-state index < -0.39 is 0 Å². The van der Waals surface area contributed by atoms with Crippen LogP contribution in [0.25, 0.3) is 83.0 Å². The van der Waals surface area contributed by atoms with Crippen molar-refractivity contribution in [3.8, 4) is 28.3 Å². The van der Waals surface area contributed by atoms with Crippen molar-refractivity contribution in [1.82, 2.24) is 14.5 Å². The highest BCUT2D eigenvalue weighted by Crippen LogP contribution is 2.42.